The number of piperazine rings is 1. The van der Waals surface area contributed by atoms with Crippen LogP contribution in [0, 0.1) is 12.7 Å². The highest BCUT2D eigenvalue weighted by molar-refractivity contribution is 6.34. The van der Waals surface area contributed by atoms with E-state index in [0.717, 1.165) is 5.56 Å². The minimum absolute atomic E-state index is 0.0494. The second-order valence-electron chi connectivity index (χ2n) is 11.1. The lowest BCUT2D eigenvalue weighted by molar-refractivity contribution is -0.128. The monoisotopic (exact) mass is 616 g/mol. The number of rotatable bonds is 5. The smallest absolute Gasteiger partial charge is 0.282 e. The SMILES string of the molecule is C=CC(=O)N1CCN2c3c(c(=O)n(-c4c(C)ccnc4C(C)C)c4nc(-c5c(F)cccc5OC)c(Cl)cc34)NC(=O)[C@H]2C1. The van der Waals surface area contributed by atoms with Gasteiger partial charge in [0, 0.05) is 24.7 Å². The van der Waals surface area contributed by atoms with E-state index in [9.17, 15) is 14.4 Å². The van der Waals surface area contributed by atoms with E-state index in [0.29, 0.717) is 29.0 Å². The molecule has 226 valence electrons. The van der Waals surface area contributed by atoms with Gasteiger partial charge in [0.1, 0.15) is 23.3 Å². The molecule has 6 rings (SSSR count). The Morgan fingerprint density at radius 2 is 2.00 bits per heavy atom. The maximum Gasteiger partial charge on any atom is 0.282 e. The number of aromatic nitrogens is 3. The first kappa shape index (κ1) is 29.3. The van der Waals surface area contributed by atoms with Crippen molar-refractivity contribution in [1.82, 2.24) is 19.4 Å². The molecule has 1 saturated heterocycles. The number of methoxy groups -OCH3 is 1. The zero-order chi connectivity index (χ0) is 31.4. The zero-order valence-corrected chi connectivity index (χ0v) is 25.4. The van der Waals surface area contributed by atoms with Gasteiger partial charge in [0.25, 0.3) is 5.56 Å². The Bertz CT molecular complexity index is 1940. The number of amides is 2. The van der Waals surface area contributed by atoms with Gasteiger partial charge in [0.15, 0.2) is 5.65 Å². The van der Waals surface area contributed by atoms with Gasteiger partial charge in [-0.25, -0.2) is 9.37 Å². The Balaban J connectivity index is 1.72. The molecule has 12 heteroatoms. The van der Waals surface area contributed by atoms with Crippen LogP contribution >= 0.6 is 11.6 Å². The van der Waals surface area contributed by atoms with Crippen LogP contribution in [0.25, 0.3) is 28.0 Å². The molecule has 1 atom stereocenters. The summed E-state index contributed by atoms with van der Waals surface area (Å²) in [5.41, 5.74) is 2.23. The molecule has 0 radical (unpaired) electrons. The maximum atomic E-state index is 15.4. The fourth-order valence-electron chi connectivity index (χ4n) is 6.06. The van der Waals surface area contributed by atoms with Gasteiger partial charge in [-0.1, -0.05) is 38.1 Å². The molecule has 3 aromatic heterocycles. The quantitative estimate of drug-likeness (QED) is 0.320. The topological polar surface area (TPSA) is 110 Å². The Morgan fingerprint density at radius 3 is 2.70 bits per heavy atom. The fourth-order valence-corrected chi connectivity index (χ4v) is 6.31. The summed E-state index contributed by atoms with van der Waals surface area (Å²) in [5, 5.41) is 3.41. The third kappa shape index (κ3) is 4.50. The summed E-state index contributed by atoms with van der Waals surface area (Å²) in [4.78, 5) is 53.3. The van der Waals surface area contributed by atoms with E-state index in [4.69, 9.17) is 21.3 Å². The van der Waals surface area contributed by atoms with Gasteiger partial charge in [0.05, 0.1) is 47.0 Å². The number of carbonyl (C=O) groups is 2. The number of nitrogens with zero attached hydrogens (tertiary/aromatic N) is 5. The fraction of sp³-hybridized carbons (Fsp3) is 0.281. The lowest BCUT2D eigenvalue weighted by Crippen LogP contribution is -2.61. The van der Waals surface area contributed by atoms with Crippen molar-refractivity contribution in [2.45, 2.75) is 32.7 Å². The molecule has 0 spiro atoms. The third-order valence-electron chi connectivity index (χ3n) is 8.14. The molecule has 10 nitrogen and oxygen atoms in total. The van der Waals surface area contributed by atoms with Crippen LogP contribution in [0.15, 0.2) is 54.0 Å². The van der Waals surface area contributed by atoms with Crippen molar-refractivity contribution < 1.29 is 18.7 Å². The van der Waals surface area contributed by atoms with E-state index >= 15 is 4.39 Å². The average Bonchev–Trinajstić information content (AvgIpc) is 3.01. The summed E-state index contributed by atoms with van der Waals surface area (Å²) in [5.74, 6) is -1.15. The first-order valence-electron chi connectivity index (χ1n) is 14.1. The molecule has 1 aromatic carbocycles. The molecule has 1 fully saturated rings. The number of carbonyl (C=O) groups excluding carboxylic acids is 2. The molecular weight excluding hydrogens is 587 g/mol. The second-order valence-corrected chi connectivity index (χ2v) is 11.5. The van der Waals surface area contributed by atoms with E-state index in [-0.39, 0.29) is 58.3 Å². The van der Waals surface area contributed by atoms with Crippen molar-refractivity contribution in [3.05, 3.63) is 81.6 Å². The second kappa shape index (κ2) is 11.1. The molecule has 0 unspecified atom stereocenters. The molecule has 2 aliphatic rings. The summed E-state index contributed by atoms with van der Waals surface area (Å²) >= 11 is 6.87. The lowest BCUT2D eigenvalue weighted by atomic mass is 10.0. The van der Waals surface area contributed by atoms with E-state index in [1.54, 1.807) is 29.3 Å². The molecule has 0 aliphatic carbocycles. The van der Waals surface area contributed by atoms with E-state index in [1.807, 2.05) is 25.7 Å². The third-order valence-corrected chi connectivity index (χ3v) is 8.43. The summed E-state index contributed by atoms with van der Waals surface area (Å²) in [6.45, 7) is 10.0. The highest BCUT2D eigenvalue weighted by atomic mass is 35.5. The molecule has 1 N–H and O–H groups in total. The van der Waals surface area contributed by atoms with Crippen LogP contribution < -0.4 is 20.5 Å². The van der Waals surface area contributed by atoms with Crippen LogP contribution in [0.4, 0.5) is 15.8 Å². The van der Waals surface area contributed by atoms with E-state index in [2.05, 4.69) is 16.9 Å². The summed E-state index contributed by atoms with van der Waals surface area (Å²) < 4.78 is 22.2. The molecule has 4 aromatic rings. The van der Waals surface area contributed by atoms with Crippen molar-refractivity contribution in [3.8, 4) is 22.7 Å². The largest absolute Gasteiger partial charge is 0.496 e. The molecule has 5 heterocycles. The van der Waals surface area contributed by atoms with Gasteiger partial charge in [-0.05, 0) is 48.7 Å². The number of aryl methyl sites for hydroxylation is 1. The lowest BCUT2D eigenvalue weighted by Gasteiger charge is -2.45. The van der Waals surface area contributed by atoms with Crippen molar-refractivity contribution in [2.24, 2.45) is 0 Å². The molecule has 2 aliphatic heterocycles. The number of benzene rings is 1. The number of hydrogen-bond donors (Lipinski definition) is 1. The minimum atomic E-state index is -0.768. The summed E-state index contributed by atoms with van der Waals surface area (Å²) in [7, 11) is 1.42. The zero-order valence-electron chi connectivity index (χ0n) is 24.6. The Hall–Kier alpha value is -4.77. The molecule has 0 saturated carbocycles. The van der Waals surface area contributed by atoms with Crippen molar-refractivity contribution in [3.63, 3.8) is 0 Å². The highest BCUT2D eigenvalue weighted by Gasteiger charge is 2.41. The van der Waals surface area contributed by atoms with E-state index in [1.165, 1.54) is 29.9 Å². The van der Waals surface area contributed by atoms with Crippen molar-refractivity contribution in [2.75, 3.05) is 37.0 Å². The average molecular weight is 617 g/mol. The molecule has 44 heavy (non-hydrogen) atoms. The van der Waals surface area contributed by atoms with Gasteiger partial charge in [-0.3, -0.25) is 23.9 Å². The first-order valence-corrected chi connectivity index (χ1v) is 14.5. The van der Waals surface area contributed by atoms with Gasteiger partial charge < -0.3 is 19.9 Å². The van der Waals surface area contributed by atoms with Gasteiger partial charge in [0.2, 0.25) is 11.8 Å². The van der Waals surface area contributed by atoms with Crippen LogP contribution in [0.2, 0.25) is 5.02 Å². The number of anilines is 2. The predicted molar refractivity (Wildman–Crippen MR) is 167 cm³/mol. The Labute approximate surface area is 257 Å². The number of ether oxygens (including phenoxy) is 1. The number of halogens is 2. The highest BCUT2D eigenvalue weighted by Crippen LogP contribution is 2.43. The maximum absolute atomic E-state index is 15.4. The predicted octanol–water partition coefficient (Wildman–Crippen LogP) is 4.84. The van der Waals surface area contributed by atoms with Gasteiger partial charge in [-0.2, -0.15) is 0 Å². The standard InChI is InChI=1S/C32H30ClFN6O4/c1-6-23(41)38-12-13-39-21(15-38)31(42)37-27-29(39)18-14-19(33)26(24-20(34)8-7-9-22(24)44-5)36-30(18)40(32(27)43)28-17(4)10-11-35-25(28)16(2)3/h6-11,14,16,21H,1,12-13,15H2,2-5H3,(H,37,42)/t21-/m1/s1. The molecule has 0 bridgehead atoms. The van der Waals surface area contributed by atoms with Crippen molar-refractivity contribution in [1.29, 1.82) is 0 Å². The number of fused-ring (bicyclic) bond motifs is 5. The number of nitrogens with one attached hydrogen (secondary N) is 1. The van der Waals surface area contributed by atoms with Crippen LogP contribution in [-0.4, -0.2) is 64.0 Å². The molecular formula is C32H30ClFN6O4. The summed E-state index contributed by atoms with van der Waals surface area (Å²) in [6, 6.07) is 7.07. The number of hydrogen-bond acceptors (Lipinski definition) is 7. The van der Waals surface area contributed by atoms with Crippen LogP contribution in [0.5, 0.6) is 5.75 Å². The molecule has 2 amide bonds. The summed E-state index contributed by atoms with van der Waals surface area (Å²) in [6.07, 6.45) is 2.89. The van der Waals surface area contributed by atoms with Crippen LogP contribution in [-0.2, 0) is 9.59 Å². The van der Waals surface area contributed by atoms with Crippen molar-refractivity contribution >= 4 is 45.8 Å². The van der Waals surface area contributed by atoms with E-state index < -0.39 is 23.3 Å². The normalized spacial score (nSPS) is 16.1. The first-order chi connectivity index (χ1) is 21.1. The Kier molecular flexibility index (Phi) is 7.36. The Morgan fingerprint density at radius 1 is 1.23 bits per heavy atom. The van der Waals surface area contributed by atoms with Crippen LogP contribution in [0.3, 0.4) is 0 Å². The number of pyridine rings is 3. The van der Waals surface area contributed by atoms with Crippen LogP contribution in [0.1, 0.15) is 31.0 Å². The van der Waals surface area contributed by atoms with Gasteiger partial charge >= 0.3 is 0 Å². The minimum Gasteiger partial charge on any atom is -0.496 e. The van der Waals surface area contributed by atoms with Gasteiger partial charge in [-0.15, -0.1) is 0 Å².